The van der Waals surface area contributed by atoms with Crippen LogP contribution in [0.5, 0.6) is 0 Å². The Balaban J connectivity index is 1.89. The highest BCUT2D eigenvalue weighted by Crippen LogP contribution is 2.10. The molecular formula is C17H25N5O2. The summed E-state index contributed by atoms with van der Waals surface area (Å²) in [5, 5.41) is 7.40. The summed E-state index contributed by atoms with van der Waals surface area (Å²) in [4.78, 5) is 30.0. The van der Waals surface area contributed by atoms with Gasteiger partial charge in [0.05, 0.1) is 12.2 Å². The van der Waals surface area contributed by atoms with Gasteiger partial charge < -0.3 is 10.3 Å². The Kier molecular flexibility index (Phi) is 5.54. The summed E-state index contributed by atoms with van der Waals surface area (Å²) in [7, 11) is 0. The zero-order valence-corrected chi connectivity index (χ0v) is 14.9. The summed E-state index contributed by atoms with van der Waals surface area (Å²) in [5.74, 6) is -0.0194. The van der Waals surface area contributed by atoms with E-state index in [1.807, 2.05) is 38.4 Å². The monoisotopic (exact) mass is 331 g/mol. The minimum absolute atomic E-state index is 0.00796. The molecule has 0 unspecified atom stereocenters. The van der Waals surface area contributed by atoms with Crippen molar-refractivity contribution in [3.05, 3.63) is 44.9 Å². The number of amides is 1. The van der Waals surface area contributed by atoms with E-state index in [1.54, 1.807) is 6.92 Å². The van der Waals surface area contributed by atoms with Crippen LogP contribution in [0.4, 0.5) is 0 Å². The van der Waals surface area contributed by atoms with Gasteiger partial charge in [0, 0.05) is 29.5 Å². The first kappa shape index (κ1) is 17.9. The third-order valence-corrected chi connectivity index (χ3v) is 4.01. The van der Waals surface area contributed by atoms with Gasteiger partial charge in [-0.3, -0.25) is 9.48 Å². The fraction of sp³-hybridized carbons (Fsp3) is 0.529. The molecule has 0 aliphatic heterocycles. The van der Waals surface area contributed by atoms with Gasteiger partial charge in [-0.25, -0.2) is 4.79 Å². The number of hydrogen-bond acceptors (Lipinski definition) is 4. The molecule has 2 aromatic rings. The maximum Gasteiger partial charge on any atom is 0.345 e. The lowest BCUT2D eigenvalue weighted by molar-refractivity contribution is -0.121. The lowest BCUT2D eigenvalue weighted by Gasteiger charge is -2.15. The number of hydrogen-bond donors (Lipinski definition) is 2. The quantitative estimate of drug-likeness (QED) is 0.835. The van der Waals surface area contributed by atoms with E-state index in [-0.39, 0.29) is 17.6 Å². The van der Waals surface area contributed by atoms with Crippen molar-refractivity contribution in [1.82, 2.24) is 25.1 Å². The molecule has 24 heavy (non-hydrogen) atoms. The summed E-state index contributed by atoms with van der Waals surface area (Å²) >= 11 is 0. The van der Waals surface area contributed by atoms with Gasteiger partial charge in [0.25, 0.3) is 0 Å². The number of rotatable bonds is 6. The van der Waals surface area contributed by atoms with Gasteiger partial charge in [0.1, 0.15) is 0 Å². The summed E-state index contributed by atoms with van der Waals surface area (Å²) in [6, 6.07) is 2.01. The molecular weight excluding hydrogens is 306 g/mol. The standard InChI is InChI=1S/C17H25N5O2/c1-10-8-12(3)22(21-10)9-11(2)18-16(23)7-6-15-13(4)19-17(24)20-14(15)5/h8,11H,6-7,9H2,1-5H3,(H,18,23)(H,19,20,24)/t11-/m0/s1. The molecule has 0 saturated heterocycles. The Bertz CT molecular complexity index is 765. The summed E-state index contributed by atoms with van der Waals surface area (Å²) in [6.07, 6.45) is 0.913. The van der Waals surface area contributed by atoms with Crippen molar-refractivity contribution >= 4 is 5.91 Å². The van der Waals surface area contributed by atoms with Crippen LogP contribution in [0.1, 0.15) is 41.7 Å². The van der Waals surface area contributed by atoms with Gasteiger partial charge in [-0.1, -0.05) is 0 Å². The number of carbonyl (C=O) groups excluding carboxylic acids is 1. The van der Waals surface area contributed by atoms with Crippen molar-refractivity contribution in [3.8, 4) is 0 Å². The van der Waals surface area contributed by atoms with E-state index in [4.69, 9.17) is 0 Å². The van der Waals surface area contributed by atoms with E-state index < -0.39 is 0 Å². The molecule has 0 fully saturated rings. The largest absolute Gasteiger partial charge is 0.352 e. The zero-order valence-electron chi connectivity index (χ0n) is 14.9. The number of aromatic amines is 1. The molecule has 2 N–H and O–H groups in total. The molecule has 1 atom stereocenters. The summed E-state index contributed by atoms with van der Waals surface area (Å²) in [5.41, 5.74) is 4.09. The van der Waals surface area contributed by atoms with Crippen molar-refractivity contribution in [2.24, 2.45) is 0 Å². The normalized spacial score (nSPS) is 12.2. The third-order valence-electron chi connectivity index (χ3n) is 4.01. The van der Waals surface area contributed by atoms with Gasteiger partial charge >= 0.3 is 5.69 Å². The van der Waals surface area contributed by atoms with E-state index in [9.17, 15) is 9.59 Å². The molecule has 2 heterocycles. The second-order valence-electron chi connectivity index (χ2n) is 6.31. The molecule has 0 aliphatic rings. The van der Waals surface area contributed by atoms with E-state index in [0.717, 1.165) is 22.6 Å². The Labute approximate surface area is 141 Å². The lowest BCUT2D eigenvalue weighted by Crippen LogP contribution is -2.36. The van der Waals surface area contributed by atoms with Crippen LogP contribution in [0.2, 0.25) is 0 Å². The number of carbonyl (C=O) groups is 1. The van der Waals surface area contributed by atoms with Crippen molar-refractivity contribution in [3.63, 3.8) is 0 Å². The Hall–Kier alpha value is -2.44. The average molecular weight is 331 g/mol. The fourth-order valence-electron chi connectivity index (χ4n) is 2.87. The van der Waals surface area contributed by atoms with E-state index in [1.165, 1.54) is 0 Å². The van der Waals surface area contributed by atoms with Crippen LogP contribution < -0.4 is 11.0 Å². The SMILES string of the molecule is Cc1cc(C)n(C[C@H](C)NC(=O)CCc2c(C)nc(=O)[nH]c2C)n1. The van der Waals surface area contributed by atoms with Crippen LogP contribution in [-0.2, 0) is 17.8 Å². The molecule has 7 heteroatoms. The number of nitrogens with zero attached hydrogens (tertiary/aromatic N) is 3. The first-order valence-corrected chi connectivity index (χ1v) is 8.13. The van der Waals surface area contributed by atoms with Crippen LogP contribution in [0.25, 0.3) is 0 Å². The van der Waals surface area contributed by atoms with Gasteiger partial charge in [-0.2, -0.15) is 10.1 Å². The Morgan fingerprint density at radius 3 is 2.62 bits per heavy atom. The zero-order chi connectivity index (χ0) is 17.9. The lowest BCUT2D eigenvalue weighted by atomic mass is 10.1. The summed E-state index contributed by atoms with van der Waals surface area (Å²) in [6.45, 7) is 10.2. The number of nitrogens with one attached hydrogen (secondary N) is 2. The Morgan fingerprint density at radius 2 is 2.04 bits per heavy atom. The molecule has 0 radical (unpaired) electrons. The van der Waals surface area contributed by atoms with Crippen LogP contribution >= 0.6 is 0 Å². The van der Waals surface area contributed by atoms with Gasteiger partial charge in [-0.05, 0) is 52.7 Å². The van der Waals surface area contributed by atoms with Crippen LogP contribution in [0.3, 0.4) is 0 Å². The maximum atomic E-state index is 12.2. The predicted molar refractivity (Wildman–Crippen MR) is 92.0 cm³/mol. The Morgan fingerprint density at radius 1 is 1.33 bits per heavy atom. The van der Waals surface area contributed by atoms with Gasteiger partial charge in [0.15, 0.2) is 0 Å². The highest BCUT2D eigenvalue weighted by Gasteiger charge is 2.12. The molecule has 7 nitrogen and oxygen atoms in total. The second-order valence-corrected chi connectivity index (χ2v) is 6.31. The first-order valence-electron chi connectivity index (χ1n) is 8.13. The molecule has 2 aromatic heterocycles. The second kappa shape index (κ2) is 7.42. The van der Waals surface area contributed by atoms with E-state index >= 15 is 0 Å². The van der Waals surface area contributed by atoms with E-state index in [2.05, 4.69) is 20.4 Å². The third kappa shape index (κ3) is 4.53. The minimum atomic E-state index is -0.350. The van der Waals surface area contributed by atoms with Crippen LogP contribution in [0, 0.1) is 27.7 Å². The van der Waals surface area contributed by atoms with E-state index in [0.29, 0.717) is 25.1 Å². The number of H-pyrrole nitrogens is 1. The maximum absolute atomic E-state index is 12.2. The molecule has 0 spiro atoms. The number of aromatic nitrogens is 4. The van der Waals surface area contributed by atoms with Gasteiger partial charge in [-0.15, -0.1) is 0 Å². The molecule has 1 amide bonds. The van der Waals surface area contributed by atoms with Crippen LogP contribution in [-0.4, -0.2) is 31.7 Å². The van der Waals surface area contributed by atoms with Gasteiger partial charge in [0.2, 0.25) is 5.91 Å². The molecule has 0 saturated carbocycles. The van der Waals surface area contributed by atoms with Crippen molar-refractivity contribution in [2.75, 3.05) is 0 Å². The molecule has 0 aliphatic carbocycles. The highest BCUT2D eigenvalue weighted by atomic mass is 16.1. The minimum Gasteiger partial charge on any atom is -0.352 e. The van der Waals surface area contributed by atoms with Crippen molar-refractivity contribution in [2.45, 2.75) is 60.0 Å². The fourth-order valence-corrected chi connectivity index (χ4v) is 2.87. The molecule has 0 aromatic carbocycles. The number of aryl methyl sites for hydroxylation is 4. The first-order chi connectivity index (χ1) is 11.3. The predicted octanol–water partition coefficient (Wildman–Crippen LogP) is 1.34. The summed E-state index contributed by atoms with van der Waals surface area (Å²) < 4.78 is 1.90. The molecule has 0 bridgehead atoms. The smallest absolute Gasteiger partial charge is 0.345 e. The highest BCUT2D eigenvalue weighted by molar-refractivity contribution is 5.76. The average Bonchev–Trinajstić information content (AvgIpc) is 2.75. The van der Waals surface area contributed by atoms with Crippen LogP contribution in [0.15, 0.2) is 10.9 Å². The van der Waals surface area contributed by atoms with Crippen molar-refractivity contribution in [1.29, 1.82) is 0 Å². The molecule has 130 valence electrons. The molecule has 2 rings (SSSR count). The topological polar surface area (TPSA) is 92.7 Å². The van der Waals surface area contributed by atoms with Crippen molar-refractivity contribution < 1.29 is 4.79 Å².